The predicted octanol–water partition coefficient (Wildman–Crippen LogP) is 2.42. The summed E-state index contributed by atoms with van der Waals surface area (Å²) in [5.74, 6) is 0.176. The first-order valence-corrected chi connectivity index (χ1v) is 11.3. The smallest absolute Gasteiger partial charge is 0.316 e. The maximum atomic E-state index is 12.8. The summed E-state index contributed by atoms with van der Waals surface area (Å²) >= 11 is 0. The van der Waals surface area contributed by atoms with Crippen molar-refractivity contribution in [3.63, 3.8) is 0 Å². The van der Waals surface area contributed by atoms with Crippen LogP contribution in [0, 0.1) is 5.92 Å². The van der Waals surface area contributed by atoms with E-state index < -0.39 is 11.9 Å². The van der Waals surface area contributed by atoms with E-state index in [9.17, 15) is 14.4 Å². The molecule has 0 radical (unpaired) electrons. The lowest BCUT2D eigenvalue weighted by Gasteiger charge is -2.22. The van der Waals surface area contributed by atoms with Crippen LogP contribution in [-0.2, 0) is 23.1 Å². The molecular formula is C23H32N4O3. The molecule has 1 aromatic carbocycles. The van der Waals surface area contributed by atoms with Gasteiger partial charge in [-0.05, 0) is 68.8 Å². The van der Waals surface area contributed by atoms with Gasteiger partial charge in [-0.1, -0.05) is 25.3 Å². The van der Waals surface area contributed by atoms with Crippen molar-refractivity contribution in [3.05, 3.63) is 34.2 Å². The van der Waals surface area contributed by atoms with E-state index >= 15 is 0 Å². The van der Waals surface area contributed by atoms with Crippen LogP contribution in [0.2, 0.25) is 0 Å². The zero-order valence-corrected chi connectivity index (χ0v) is 17.8. The third-order valence-electron chi connectivity index (χ3n) is 6.65. The highest BCUT2D eigenvalue weighted by atomic mass is 16.2. The topological polar surface area (TPSA) is 85.1 Å². The summed E-state index contributed by atoms with van der Waals surface area (Å²) in [6.45, 7) is 2.13. The van der Waals surface area contributed by atoms with Crippen LogP contribution in [0.25, 0.3) is 11.0 Å². The van der Waals surface area contributed by atoms with Gasteiger partial charge < -0.3 is 5.32 Å². The number of imidazole rings is 1. The summed E-state index contributed by atoms with van der Waals surface area (Å²) in [5.41, 5.74) is 2.55. The van der Waals surface area contributed by atoms with Crippen molar-refractivity contribution in [1.29, 1.82) is 0 Å². The molecule has 1 aromatic heterocycles. The van der Waals surface area contributed by atoms with E-state index in [-0.39, 0.29) is 18.0 Å². The van der Waals surface area contributed by atoms with E-state index in [1.54, 1.807) is 11.6 Å². The van der Waals surface area contributed by atoms with E-state index in [0.29, 0.717) is 6.42 Å². The third kappa shape index (κ3) is 4.36. The Morgan fingerprint density at radius 1 is 1.07 bits per heavy atom. The number of carbonyl (C=O) groups excluding carboxylic acids is 2. The van der Waals surface area contributed by atoms with Crippen molar-refractivity contribution in [2.24, 2.45) is 13.0 Å². The second-order valence-electron chi connectivity index (χ2n) is 8.81. The standard InChI is InChI=1S/C23H32N4O3/c1-26-20-14-16(8-5-13-24-15-17-6-3-2-4-7-17)9-10-18(20)27(23(26)30)19-11-12-21(28)25-22(19)29/h9-10,14,17,19,24H,2-8,11-13,15H2,1H3,(H,25,28,29). The quantitative estimate of drug-likeness (QED) is 0.540. The fourth-order valence-electron chi connectivity index (χ4n) is 4.91. The number of benzene rings is 1. The number of nitrogens with zero attached hydrogens (tertiary/aromatic N) is 2. The molecule has 2 fully saturated rings. The lowest BCUT2D eigenvalue weighted by molar-refractivity contribution is -0.135. The number of hydrogen-bond donors (Lipinski definition) is 2. The second-order valence-corrected chi connectivity index (χ2v) is 8.81. The van der Waals surface area contributed by atoms with E-state index in [2.05, 4.69) is 16.7 Å². The van der Waals surface area contributed by atoms with Gasteiger partial charge in [0.25, 0.3) is 0 Å². The Morgan fingerprint density at radius 2 is 1.87 bits per heavy atom. The molecule has 0 bridgehead atoms. The van der Waals surface area contributed by atoms with E-state index in [1.165, 1.54) is 42.2 Å². The highest BCUT2D eigenvalue weighted by molar-refractivity contribution is 6.00. The van der Waals surface area contributed by atoms with Crippen LogP contribution in [0.5, 0.6) is 0 Å². The SMILES string of the molecule is Cn1c(=O)n(C2CCC(=O)NC2=O)c2ccc(CCCNCC3CCCCC3)cc21. The van der Waals surface area contributed by atoms with Crippen molar-refractivity contribution in [3.8, 4) is 0 Å². The number of aryl methyl sites for hydroxylation is 2. The molecule has 30 heavy (non-hydrogen) atoms. The number of piperidine rings is 1. The second kappa shape index (κ2) is 9.16. The number of nitrogens with one attached hydrogen (secondary N) is 2. The van der Waals surface area contributed by atoms with Crippen molar-refractivity contribution in [2.75, 3.05) is 13.1 Å². The number of imide groups is 1. The monoisotopic (exact) mass is 412 g/mol. The number of fused-ring (bicyclic) bond motifs is 1. The maximum absolute atomic E-state index is 12.8. The van der Waals surface area contributed by atoms with Gasteiger partial charge in [0.05, 0.1) is 11.0 Å². The fraction of sp³-hybridized carbons (Fsp3) is 0.609. The number of aromatic nitrogens is 2. The van der Waals surface area contributed by atoms with Gasteiger partial charge in [0.2, 0.25) is 11.8 Å². The van der Waals surface area contributed by atoms with Gasteiger partial charge in [0.1, 0.15) is 6.04 Å². The number of hydrogen-bond acceptors (Lipinski definition) is 4. The number of amides is 2. The molecule has 2 aliphatic rings. The van der Waals surface area contributed by atoms with Gasteiger partial charge >= 0.3 is 5.69 Å². The zero-order valence-electron chi connectivity index (χ0n) is 17.8. The minimum absolute atomic E-state index is 0.217. The Hall–Kier alpha value is -2.41. The highest BCUT2D eigenvalue weighted by Gasteiger charge is 2.31. The fourth-order valence-corrected chi connectivity index (χ4v) is 4.91. The van der Waals surface area contributed by atoms with E-state index in [4.69, 9.17) is 0 Å². The van der Waals surface area contributed by atoms with Crippen LogP contribution in [0.1, 0.15) is 63.0 Å². The van der Waals surface area contributed by atoms with Crippen LogP contribution in [0.15, 0.2) is 23.0 Å². The average Bonchev–Trinajstić information content (AvgIpc) is 2.99. The van der Waals surface area contributed by atoms with Gasteiger partial charge in [0.15, 0.2) is 0 Å². The Balaban J connectivity index is 1.40. The number of rotatable bonds is 7. The molecule has 7 nitrogen and oxygen atoms in total. The van der Waals surface area contributed by atoms with Crippen LogP contribution < -0.4 is 16.3 Å². The molecular weight excluding hydrogens is 380 g/mol. The van der Waals surface area contributed by atoms with Crippen LogP contribution in [-0.4, -0.2) is 34.0 Å². The summed E-state index contributed by atoms with van der Waals surface area (Å²) in [6, 6.07) is 5.41. The van der Waals surface area contributed by atoms with Gasteiger partial charge in [-0.3, -0.25) is 24.0 Å². The van der Waals surface area contributed by atoms with Crippen molar-refractivity contribution >= 4 is 22.8 Å². The molecule has 2 amide bonds. The van der Waals surface area contributed by atoms with Gasteiger partial charge in [-0.25, -0.2) is 4.79 Å². The van der Waals surface area contributed by atoms with Gasteiger partial charge in [-0.15, -0.1) is 0 Å². The summed E-state index contributed by atoms with van der Waals surface area (Å²) in [7, 11) is 1.74. The highest BCUT2D eigenvalue weighted by Crippen LogP contribution is 2.24. The van der Waals surface area contributed by atoms with Crippen molar-refractivity contribution < 1.29 is 9.59 Å². The van der Waals surface area contributed by atoms with Crippen molar-refractivity contribution in [1.82, 2.24) is 19.8 Å². The molecule has 1 aliphatic heterocycles. The lowest BCUT2D eigenvalue weighted by Crippen LogP contribution is -2.44. The Morgan fingerprint density at radius 3 is 2.63 bits per heavy atom. The van der Waals surface area contributed by atoms with Crippen LogP contribution >= 0.6 is 0 Å². The summed E-state index contributed by atoms with van der Waals surface area (Å²) < 4.78 is 3.14. The molecule has 0 spiro atoms. The molecule has 1 saturated carbocycles. The Kier molecular flexibility index (Phi) is 6.37. The minimum Gasteiger partial charge on any atom is -0.316 e. The summed E-state index contributed by atoms with van der Waals surface area (Å²) in [6.07, 6.45) is 9.50. The number of carbonyl (C=O) groups is 2. The normalized spacial score (nSPS) is 20.6. The van der Waals surface area contributed by atoms with Crippen LogP contribution in [0.3, 0.4) is 0 Å². The first-order valence-electron chi connectivity index (χ1n) is 11.3. The molecule has 1 unspecified atom stereocenters. The predicted molar refractivity (Wildman–Crippen MR) is 116 cm³/mol. The Labute approximate surface area is 176 Å². The largest absolute Gasteiger partial charge is 0.329 e. The van der Waals surface area contributed by atoms with Crippen LogP contribution in [0.4, 0.5) is 0 Å². The molecule has 2 aromatic rings. The third-order valence-corrected chi connectivity index (χ3v) is 6.65. The molecule has 4 rings (SSSR count). The minimum atomic E-state index is -0.631. The molecule has 1 saturated heterocycles. The van der Waals surface area contributed by atoms with Gasteiger partial charge in [0, 0.05) is 13.5 Å². The maximum Gasteiger partial charge on any atom is 0.329 e. The molecule has 2 heterocycles. The first-order chi connectivity index (χ1) is 14.5. The van der Waals surface area contributed by atoms with Gasteiger partial charge in [-0.2, -0.15) is 0 Å². The molecule has 7 heteroatoms. The lowest BCUT2D eigenvalue weighted by atomic mass is 9.89. The molecule has 162 valence electrons. The van der Waals surface area contributed by atoms with Crippen molar-refractivity contribution in [2.45, 2.75) is 63.8 Å². The first kappa shape index (κ1) is 20.8. The summed E-state index contributed by atoms with van der Waals surface area (Å²) in [5, 5.41) is 5.96. The zero-order chi connectivity index (χ0) is 21.1. The molecule has 1 atom stereocenters. The summed E-state index contributed by atoms with van der Waals surface area (Å²) in [4.78, 5) is 36.6. The molecule has 2 N–H and O–H groups in total. The molecule has 1 aliphatic carbocycles. The van der Waals surface area contributed by atoms with E-state index in [0.717, 1.165) is 42.9 Å². The van der Waals surface area contributed by atoms with E-state index in [1.807, 2.05) is 12.1 Å². The Bertz CT molecular complexity index is 984. The average molecular weight is 413 g/mol.